The van der Waals surface area contributed by atoms with Gasteiger partial charge < -0.3 is 11.1 Å². The van der Waals surface area contributed by atoms with Gasteiger partial charge in [0.1, 0.15) is 5.54 Å². The first-order valence-corrected chi connectivity index (χ1v) is 4.55. The molecule has 1 aliphatic heterocycles. The van der Waals surface area contributed by atoms with E-state index in [2.05, 4.69) is 5.32 Å². The number of carbonyl (C=O) groups excluding carboxylic acids is 1. The summed E-state index contributed by atoms with van der Waals surface area (Å²) in [7, 11) is 0. The van der Waals surface area contributed by atoms with Gasteiger partial charge in [0.15, 0.2) is 0 Å². The van der Waals surface area contributed by atoms with Crippen molar-refractivity contribution in [2.45, 2.75) is 18.6 Å². The molecule has 0 bridgehead atoms. The highest BCUT2D eigenvalue weighted by Crippen LogP contribution is 2.38. The lowest BCUT2D eigenvalue weighted by Gasteiger charge is -2.16. The SMILES string of the molecule is C[C@]1(N)C(=O)Nc2ccc(C(F)(F)F)cc21. The minimum absolute atomic E-state index is 0.173. The lowest BCUT2D eigenvalue weighted by molar-refractivity contribution is -0.137. The van der Waals surface area contributed by atoms with Crippen molar-refractivity contribution in [3.8, 4) is 0 Å². The highest BCUT2D eigenvalue weighted by Gasteiger charge is 2.41. The predicted octanol–water partition coefficient (Wildman–Crippen LogP) is 1.83. The van der Waals surface area contributed by atoms with Crippen LogP contribution in [0.3, 0.4) is 0 Å². The van der Waals surface area contributed by atoms with Gasteiger partial charge in [0.05, 0.1) is 5.56 Å². The molecular formula is C10H9F3N2O. The lowest BCUT2D eigenvalue weighted by Crippen LogP contribution is -2.40. The lowest BCUT2D eigenvalue weighted by atomic mass is 9.93. The Balaban J connectivity index is 2.57. The summed E-state index contributed by atoms with van der Waals surface area (Å²) in [5.41, 5.74) is 3.96. The number of rotatable bonds is 0. The number of hydrogen-bond acceptors (Lipinski definition) is 2. The van der Waals surface area contributed by atoms with Crippen LogP contribution in [0.1, 0.15) is 18.1 Å². The number of fused-ring (bicyclic) bond motifs is 1. The molecular weight excluding hydrogens is 221 g/mol. The van der Waals surface area contributed by atoms with Gasteiger partial charge in [-0.3, -0.25) is 4.79 Å². The number of carbonyl (C=O) groups is 1. The third-order valence-electron chi connectivity index (χ3n) is 2.63. The molecule has 0 aromatic heterocycles. The van der Waals surface area contributed by atoms with Crippen molar-refractivity contribution in [1.29, 1.82) is 0 Å². The van der Waals surface area contributed by atoms with Crippen LogP contribution in [0.4, 0.5) is 18.9 Å². The monoisotopic (exact) mass is 230 g/mol. The van der Waals surface area contributed by atoms with E-state index < -0.39 is 23.2 Å². The molecule has 0 saturated heterocycles. The summed E-state index contributed by atoms with van der Waals surface area (Å²) in [5.74, 6) is -0.498. The Morgan fingerprint density at radius 1 is 1.38 bits per heavy atom. The Hall–Kier alpha value is -1.56. The quantitative estimate of drug-likeness (QED) is 0.714. The highest BCUT2D eigenvalue weighted by molar-refractivity contribution is 6.05. The average molecular weight is 230 g/mol. The first-order valence-electron chi connectivity index (χ1n) is 4.55. The first-order chi connectivity index (χ1) is 7.23. The molecule has 0 spiro atoms. The van der Waals surface area contributed by atoms with E-state index in [9.17, 15) is 18.0 Å². The Labute approximate surface area is 89.4 Å². The Morgan fingerprint density at radius 2 is 2.00 bits per heavy atom. The van der Waals surface area contributed by atoms with Gasteiger partial charge in [-0.1, -0.05) is 0 Å². The molecule has 0 aliphatic carbocycles. The number of nitrogens with one attached hydrogen (secondary N) is 1. The van der Waals surface area contributed by atoms with E-state index in [4.69, 9.17) is 5.73 Å². The van der Waals surface area contributed by atoms with Crippen molar-refractivity contribution in [3.05, 3.63) is 29.3 Å². The molecule has 0 fully saturated rings. The molecule has 1 heterocycles. The number of hydrogen-bond donors (Lipinski definition) is 2. The number of benzene rings is 1. The fourth-order valence-electron chi connectivity index (χ4n) is 1.63. The number of amides is 1. The molecule has 86 valence electrons. The molecule has 1 amide bonds. The van der Waals surface area contributed by atoms with Gasteiger partial charge in [0, 0.05) is 11.3 Å². The number of alkyl halides is 3. The zero-order valence-electron chi connectivity index (χ0n) is 8.35. The summed E-state index contributed by atoms with van der Waals surface area (Å²) in [6, 6.07) is 3.04. The van der Waals surface area contributed by atoms with Crippen molar-refractivity contribution in [2.75, 3.05) is 5.32 Å². The summed E-state index contributed by atoms with van der Waals surface area (Å²) >= 11 is 0. The van der Waals surface area contributed by atoms with E-state index in [-0.39, 0.29) is 5.56 Å². The highest BCUT2D eigenvalue weighted by atomic mass is 19.4. The third kappa shape index (κ3) is 1.46. The van der Waals surface area contributed by atoms with Crippen LogP contribution in [-0.4, -0.2) is 5.91 Å². The molecule has 0 saturated carbocycles. The van der Waals surface area contributed by atoms with E-state index in [0.29, 0.717) is 5.69 Å². The van der Waals surface area contributed by atoms with Gasteiger partial charge in [-0.05, 0) is 25.1 Å². The van der Waals surface area contributed by atoms with Crippen molar-refractivity contribution in [3.63, 3.8) is 0 Å². The van der Waals surface area contributed by atoms with Gasteiger partial charge in [-0.2, -0.15) is 13.2 Å². The second-order valence-electron chi connectivity index (χ2n) is 3.91. The fraction of sp³-hybridized carbons (Fsp3) is 0.300. The number of anilines is 1. The van der Waals surface area contributed by atoms with Crippen molar-refractivity contribution in [2.24, 2.45) is 5.73 Å². The molecule has 6 heteroatoms. The molecule has 1 atom stereocenters. The van der Waals surface area contributed by atoms with Crippen LogP contribution in [0, 0.1) is 0 Å². The second kappa shape index (κ2) is 2.98. The van der Waals surface area contributed by atoms with Crippen LogP contribution < -0.4 is 11.1 Å². The van der Waals surface area contributed by atoms with Crippen molar-refractivity contribution < 1.29 is 18.0 Å². The van der Waals surface area contributed by atoms with Crippen LogP contribution in [0.15, 0.2) is 18.2 Å². The van der Waals surface area contributed by atoms with Crippen molar-refractivity contribution >= 4 is 11.6 Å². The molecule has 2 rings (SSSR count). The molecule has 0 unspecified atom stereocenters. The van der Waals surface area contributed by atoms with E-state index in [1.165, 1.54) is 13.0 Å². The summed E-state index contributed by atoms with van der Waals surface area (Å²) in [5, 5.41) is 2.44. The van der Waals surface area contributed by atoms with Crippen LogP contribution in [0.2, 0.25) is 0 Å². The molecule has 1 aliphatic rings. The maximum Gasteiger partial charge on any atom is 0.416 e. The molecule has 3 nitrogen and oxygen atoms in total. The summed E-state index contributed by atoms with van der Waals surface area (Å²) < 4.78 is 37.4. The third-order valence-corrected chi connectivity index (χ3v) is 2.63. The van der Waals surface area contributed by atoms with Gasteiger partial charge in [-0.15, -0.1) is 0 Å². The molecule has 1 aromatic carbocycles. The van der Waals surface area contributed by atoms with E-state index >= 15 is 0 Å². The van der Waals surface area contributed by atoms with Crippen LogP contribution in [-0.2, 0) is 16.5 Å². The molecule has 1 aromatic rings. The van der Waals surface area contributed by atoms with Crippen LogP contribution >= 0.6 is 0 Å². The van der Waals surface area contributed by atoms with Gasteiger partial charge in [0.2, 0.25) is 5.91 Å². The van der Waals surface area contributed by atoms with Gasteiger partial charge in [-0.25, -0.2) is 0 Å². The zero-order valence-corrected chi connectivity index (χ0v) is 8.35. The van der Waals surface area contributed by atoms with Gasteiger partial charge >= 0.3 is 6.18 Å². The largest absolute Gasteiger partial charge is 0.416 e. The molecule has 0 radical (unpaired) electrons. The van der Waals surface area contributed by atoms with Crippen molar-refractivity contribution in [1.82, 2.24) is 0 Å². The average Bonchev–Trinajstić information content (AvgIpc) is 2.37. The normalized spacial score (nSPS) is 24.2. The number of nitrogens with two attached hydrogens (primary N) is 1. The fourth-order valence-corrected chi connectivity index (χ4v) is 1.63. The van der Waals surface area contributed by atoms with Crippen LogP contribution in [0.25, 0.3) is 0 Å². The van der Waals surface area contributed by atoms with E-state index in [0.717, 1.165) is 12.1 Å². The Kier molecular flexibility index (Phi) is 2.03. The minimum Gasteiger partial charge on any atom is -0.324 e. The summed E-state index contributed by atoms with van der Waals surface area (Å²) in [6.07, 6.45) is -4.43. The predicted molar refractivity (Wildman–Crippen MR) is 51.6 cm³/mol. The molecule has 3 N–H and O–H groups in total. The first kappa shape index (κ1) is 10.9. The number of halogens is 3. The molecule has 16 heavy (non-hydrogen) atoms. The maximum atomic E-state index is 12.5. The van der Waals surface area contributed by atoms with Crippen LogP contribution in [0.5, 0.6) is 0 Å². The smallest absolute Gasteiger partial charge is 0.324 e. The van der Waals surface area contributed by atoms with E-state index in [1.54, 1.807) is 0 Å². The Morgan fingerprint density at radius 3 is 2.56 bits per heavy atom. The zero-order chi connectivity index (χ0) is 12.1. The standard InChI is InChI=1S/C10H9F3N2O/c1-9(14)6-4-5(10(11,12)13)2-3-7(6)15-8(9)16/h2-4H,14H2,1H3,(H,15,16)/t9-/m1/s1. The van der Waals surface area contributed by atoms with Gasteiger partial charge in [0.25, 0.3) is 0 Å². The summed E-state index contributed by atoms with van der Waals surface area (Å²) in [6.45, 7) is 1.38. The maximum absolute atomic E-state index is 12.5. The summed E-state index contributed by atoms with van der Waals surface area (Å²) in [4.78, 5) is 11.4. The topological polar surface area (TPSA) is 55.1 Å². The second-order valence-corrected chi connectivity index (χ2v) is 3.91. The van der Waals surface area contributed by atoms with E-state index in [1.807, 2.05) is 0 Å². The Bertz CT molecular complexity index is 466. The minimum atomic E-state index is -4.43.